The largest absolute Gasteiger partial charge is 0.383 e. The molecule has 1 rings (SSSR count). The van der Waals surface area contributed by atoms with Crippen LogP contribution in [-0.4, -0.2) is 16.5 Å². The van der Waals surface area contributed by atoms with Crippen molar-refractivity contribution in [3.8, 4) is 0 Å². The van der Waals surface area contributed by atoms with Crippen molar-refractivity contribution in [2.75, 3.05) is 0 Å². The maximum atomic E-state index is 11.8. The van der Waals surface area contributed by atoms with Gasteiger partial charge in [0.2, 0.25) is 0 Å². The molecular formula is C12H20O2. The normalized spacial score (nSPS) is 23.9. The van der Waals surface area contributed by atoms with Crippen molar-refractivity contribution in [3.05, 3.63) is 11.1 Å². The minimum absolute atomic E-state index is 0.00986. The van der Waals surface area contributed by atoms with Gasteiger partial charge >= 0.3 is 0 Å². The predicted octanol–water partition coefficient (Wildman–Crippen LogP) is 2.46. The molecule has 0 saturated carbocycles. The monoisotopic (exact) mass is 196 g/mol. The van der Waals surface area contributed by atoms with Gasteiger partial charge in [-0.05, 0) is 47.0 Å². The summed E-state index contributed by atoms with van der Waals surface area (Å²) in [5.74, 6) is 0.0167. The number of carbonyl (C=O) groups excluding carboxylic acids is 1. The second-order valence-corrected chi connectivity index (χ2v) is 4.92. The van der Waals surface area contributed by atoms with E-state index in [9.17, 15) is 9.90 Å². The lowest BCUT2D eigenvalue weighted by atomic mass is 9.79. The van der Waals surface area contributed by atoms with Gasteiger partial charge in [0.05, 0.1) is 0 Å². The molecule has 0 unspecified atom stereocenters. The number of carbonyl (C=O) groups is 1. The van der Waals surface area contributed by atoms with Crippen molar-refractivity contribution in [2.45, 2.75) is 52.6 Å². The molecule has 1 aliphatic rings. The van der Waals surface area contributed by atoms with Crippen LogP contribution in [0.25, 0.3) is 0 Å². The molecule has 0 radical (unpaired) electrons. The third-order valence-electron chi connectivity index (χ3n) is 3.12. The van der Waals surface area contributed by atoms with Crippen molar-refractivity contribution in [1.29, 1.82) is 0 Å². The summed E-state index contributed by atoms with van der Waals surface area (Å²) in [6.07, 6.45) is 2.72. The number of Topliss-reactive ketones (excluding diaryl/α,β-unsaturated/α-hetero) is 1. The van der Waals surface area contributed by atoms with Gasteiger partial charge in [-0.25, -0.2) is 0 Å². The van der Waals surface area contributed by atoms with Crippen LogP contribution in [0.5, 0.6) is 0 Å². The first-order chi connectivity index (χ1) is 6.32. The zero-order chi connectivity index (χ0) is 10.9. The number of hydrogen-bond donors (Lipinski definition) is 1. The fourth-order valence-corrected chi connectivity index (χ4v) is 1.97. The molecule has 0 aromatic carbocycles. The Morgan fingerprint density at radius 3 is 2.36 bits per heavy atom. The van der Waals surface area contributed by atoms with Crippen LogP contribution >= 0.6 is 0 Å². The Morgan fingerprint density at radius 2 is 1.93 bits per heavy atom. The van der Waals surface area contributed by atoms with E-state index in [1.165, 1.54) is 11.1 Å². The third kappa shape index (κ3) is 2.44. The smallest absolute Gasteiger partial charge is 0.167 e. The summed E-state index contributed by atoms with van der Waals surface area (Å²) >= 11 is 0. The molecular weight excluding hydrogens is 176 g/mol. The van der Waals surface area contributed by atoms with Crippen molar-refractivity contribution >= 4 is 5.78 Å². The standard InChI is InChI=1S/C12H20O2/c1-8-5-6-10(7-9(8)2)11(13)12(3,4)14/h10,14H,5-7H2,1-4H3/t10-/m0/s1. The average molecular weight is 196 g/mol. The molecule has 14 heavy (non-hydrogen) atoms. The number of ketones is 1. The van der Waals surface area contributed by atoms with Crippen LogP contribution in [0.4, 0.5) is 0 Å². The molecule has 1 aliphatic carbocycles. The summed E-state index contributed by atoms with van der Waals surface area (Å²) in [4.78, 5) is 11.8. The second-order valence-electron chi connectivity index (χ2n) is 4.92. The lowest BCUT2D eigenvalue weighted by Crippen LogP contribution is -2.37. The van der Waals surface area contributed by atoms with Gasteiger partial charge in [0, 0.05) is 5.92 Å². The number of hydrogen-bond acceptors (Lipinski definition) is 2. The first-order valence-electron chi connectivity index (χ1n) is 5.24. The van der Waals surface area contributed by atoms with Crippen LogP contribution < -0.4 is 0 Å². The first kappa shape index (κ1) is 11.4. The van der Waals surface area contributed by atoms with E-state index in [0.29, 0.717) is 0 Å². The molecule has 2 heteroatoms. The van der Waals surface area contributed by atoms with E-state index in [0.717, 1.165) is 19.3 Å². The summed E-state index contributed by atoms with van der Waals surface area (Å²) in [6, 6.07) is 0. The van der Waals surface area contributed by atoms with Gasteiger partial charge in [-0.15, -0.1) is 0 Å². The zero-order valence-electron chi connectivity index (χ0n) is 9.55. The van der Waals surface area contributed by atoms with Crippen molar-refractivity contribution in [2.24, 2.45) is 5.92 Å². The average Bonchev–Trinajstić information content (AvgIpc) is 2.07. The summed E-state index contributed by atoms with van der Waals surface area (Å²) < 4.78 is 0. The van der Waals surface area contributed by atoms with Gasteiger partial charge in [-0.3, -0.25) is 4.79 Å². The summed E-state index contributed by atoms with van der Waals surface area (Å²) in [5.41, 5.74) is 1.56. The third-order valence-corrected chi connectivity index (χ3v) is 3.12. The fourth-order valence-electron chi connectivity index (χ4n) is 1.97. The topological polar surface area (TPSA) is 37.3 Å². The Hall–Kier alpha value is -0.630. The highest BCUT2D eigenvalue weighted by Gasteiger charge is 2.32. The van der Waals surface area contributed by atoms with Crippen molar-refractivity contribution in [1.82, 2.24) is 0 Å². The highest BCUT2D eigenvalue weighted by molar-refractivity contribution is 5.88. The quantitative estimate of drug-likeness (QED) is 0.689. The molecule has 80 valence electrons. The molecule has 0 amide bonds. The summed E-state index contributed by atoms with van der Waals surface area (Å²) in [5, 5.41) is 9.62. The summed E-state index contributed by atoms with van der Waals surface area (Å²) in [6.45, 7) is 7.37. The molecule has 0 aromatic heterocycles. The molecule has 0 bridgehead atoms. The molecule has 0 spiro atoms. The Morgan fingerprint density at radius 1 is 1.36 bits per heavy atom. The van der Waals surface area contributed by atoms with Crippen LogP contribution in [0.15, 0.2) is 11.1 Å². The molecule has 0 heterocycles. The number of allylic oxidation sites excluding steroid dienone is 2. The van der Waals surface area contributed by atoms with E-state index in [1.54, 1.807) is 13.8 Å². The minimum atomic E-state index is -1.17. The Bertz CT molecular complexity index is 269. The molecule has 0 saturated heterocycles. The zero-order valence-corrected chi connectivity index (χ0v) is 9.55. The van der Waals surface area contributed by atoms with Gasteiger partial charge in [0.25, 0.3) is 0 Å². The second kappa shape index (κ2) is 3.85. The van der Waals surface area contributed by atoms with Crippen LogP contribution in [0.2, 0.25) is 0 Å². The first-order valence-corrected chi connectivity index (χ1v) is 5.24. The van der Waals surface area contributed by atoms with E-state index in [1.807, 2.05) is 0 Å². The van der Waals surface area contributed by atoms with Gasteiger partial charge in [0.15, 0.2) is 5.78 Å². The van der Waals surface area contributed by atoms with E-state index in [-0.39, 0.29) is 11.7 Å². The number of aliphatic hydroxyl groups is 1. The Labute approximate surface area is 86.0 Å². The van der Waals surface area contributed by atoms with E-state index in [4.69, 9.17) is 0 Å². The number of rotatable bonds is 2. The Kier molecular flexibility index (Phi) is 3.15. The van der Waals surface area contributed by atoms with Crippen LogP contribution in [0, 0.1) is 5.92 Å². The maximum Gasteiger partial charge on any atom is 0.167 e. The molecule has 1 N–H and O–H groups in total. The molecule has 2 nitrogen and oxygen atoms in total. The van der Waals surface area contributed by atoms with Gasteiger partial charge in [0.1, 0.15) is 5.60 Å². The molecule has 0 fully saturated rings. The minimum Gasteiger partial charge on any atom is -0.383 e. The lowest BCUT2D eigenvalue weighted by molar-refractivity contribution is -0.138. The molecule has 0 aliphatic heterocycles. The van der Waals surface area contributed by atoms with Crippen molar-refractivity contribution < 1.29 is 9.90 Å². The van der Waals surface area contributed by atoms with E-state index in [2.05, 4.69) is 13.8 Å². The summed E-state index contributed by atoms with van der Waals surface area (Å²) in [7, 11) is 0. The van der Waals surface area contributed by atoms with Gasteiger partial charge in [-0.1, -0.05) is 11.1 Å². The molecule has 1 atom stereocenters. The highest BCUT2D eigenvalue weighted by Crippen LogP contribution is 2.31. The maximum absolute atomic E-state index is 11.8. The van der Waals surface area contributed by atoms with Crippen molar-refractivity contribution in [3.63, 3.8) is 0 Å². The van der Waals surface area contributed by atoms with E-state index < -0.39 is 5.60 Å². The van der Waals surface area contributed by atoms with E-state index >= 15 is 0 Å². The van der Waals surface area contributed by atoms with Crippen LogP contribution in [-0.2, 0) is 4.79 Å². The lowest BCUT2D eigenvalue weighted by Gasteiger charge is -2.27. The van der Waals surface area contributed by atoms with Gasteiger partial charge < -0.3 is 5.11 Å². The Balaban J connectivity index is 2.71. The van der Waals surface area contributed by atoms with Crippen LogP contribution in [0.3, 0.4) is 0 Å². The fraction of sp³-hybridized carbons (Fsp3) is 0.750. The van der Waals surface area contributed by atoms with Crippen LogP contribution in [0.1, 0.15) is 47.0 Å². The van der Waals surface area contributed by atoms with Gasteiger partial charge in [-0.2, -0.15) is 0 Å². The molecule has 0 aromatic rings. The SMILES string of the molecule is CC1=C(C)C[C@@H](C(=O)C(C)(C)O)CC1. The highest BCUT2D eigenvalue weighted by atomic mass is 16.3. The predicted molar refractivity (Wildman–Crippen MR) is 57.0 cm³/mol.